The van der Waals surface area contributed by atoms with Crippen molar-refractivity contribution in [2.75, 3.05) is 37.7 Å². The molecule has 2 aromatic carbocycles. The topological polar surface area (TPSA) is 146 Å². The number of nitrogens with zero attached hydrogens (tertiary/aromatic N) is 4. The van der Waals surface area contributed by atoms with Crippen molar-refractivity contribution in [3.05, 3.63) is 59.4 Å². The van der Waals surface area contributed by atoms with Crippen molar-refractivity contribution in [1.82, 2.24) is 14.5 Å². The highest BCUT2D eigenvalue weighted by atomic mass is 35.5. The Hall–Kier alpha value is -2.86. The van der Waals surface area contributed by atoms with Gasteiger partial charge >= 0.3 is 5.97 Å². The number of benzene rings is 2. The first-order valence-electron chi connectivity index (χ1n) is 11.2. The number of carboxylic acid groups (broad SMARTS) is 1. The van der Waals surface area contributed by atoms with Crippen LogP contribution in [0, 0.1) is 5.41 Å². The Bertz CT molecular complexity index is 1330. The molecule has 0 saturated heterocycles. The van der Waals surface area contributed by atoms with Crippen LogP contribution >= 0.6 is 24.8 Å². The van der Waals surface area contributed by atoms with E-state index in [1.54, 1.807) is 30.3 Å². The van der Waals surface area contributed by atoms with Gasteiger partial charge in [0.15, 0.2) is 0 Å². The van der Waals surface area contributed by atoms with E-state index >= 15 is 0 Å². The first kappa shape index (κ1) is 32.2. The van der Waals surface area contributed by atoms with Crippen molar-refractivity contribution >= 4 is 63.4 Å². The van der Waals surface area contributed by atoms with Crippen molar-refractivity contribution in [2.24, 2.45) is 5.73 Å². The Balaban J connectivity index is 0.00000342. The summed E-state index contributed by atoms with van der Waals surface area (Å²) >= 11 is 0. The molecule has 0 unspecified atom stereocenters. The van der Waals surface area contributed by atoms with Crippen LogP contribution in [0.2, 0.25) is 0 Å². The van der Waals surface area contributed by atoms with Gasteiger partial charge in [0, 0.05) is 25.1 Å². The number of sulfonamides is 1. The summed E-state index contributed by atoms with van der Waals surface area (Å²) in [5.74, 6) is -0.254. The lowest BCUT2D eigenvalue weighted by molar-refractivity contribution is -0.137. The van der Waals surface area contributed by atoms with Gasteiger partial charge in [-0.2, -0.15) is 0 Å². The van der Waals surface area contributed by atoms with Crippen molar-refractivity contribution in [2.45, 2.75) is 25.8 Å². The minimum atomic E-state index is -3.49. The lowest BCUT2D eigenvalue weighted by Crippen LogP contribution is -2.32. The minimum absolute atomic E-state index is 0. The molecule has 0 amide bonds. The number of hydrogen-bond acceptors (Lipinski definition) is 6. The van der Waals surface area contributed by atoms with E-state index in [2.05, 4.69) is 0 Å². The summed E-state index contributed by atoms with van der Waals surface area (Å²) in [5.41, 5.74) is 8.96. The SMILES string of the molecule is CN(C)CCCN(c1ccc2c(c1)nc(Cc1ccc(C(=N)N)cc1)n2CCC(=O)O)S(C)(=O)=O.Cl.Cl. The molecule has 0 aliphatic carbocycles. The summed E-state index contributed by atoms with van der Waals surface area (Å²) in [5, 5.41) is 16.8. The zero-order valence-electron chi connectivity index (χ0n) is 21.0. The van der Waals surface area contributed by atoms with Crippen LogP contribution in [-0.2, 0) is 27.8 Å². The molecule has 0 aliphatic rings. The van der Waals surface area contributed by atoms with E-state index in [1.165, 1.54) is 10.6 Å². The molecule has 0 radical (unpaired) electrons. The van der Waals surface area contributed by atoms with E-state index in [-0.39, 0.29) is 43.6 Å². The number of nitrogens with two attached hydrogens (primary N) is 1. The van der Waals surface area contributed by atoms with Gasteiger partial charge in [0.05, 0.1) is 29.4 Å². The molecule has 0 saturated carbocycles. The number of aromatic nitrogens is 2. The summed E-state index contributed by atoms with van der Waals surface area (Å²) in [4.78, 5) is 18.0. The van der Waals surface area contributed by atoms with Crippen LogP contribution in [-0.4, -0.2) is 73.2 Å². The van der Waals surface area contributed by atoms with Gasteiger partial charge in [-0.3, -0.25) is 14.5 Å². The van der Waals surface area contributed by atoms with Crippen molar-refractivity contribution < 1.29 is 18.3 Å². The summed E-state index contributed by atoms with van der Waals surface area (Å²) in [6.45, 7) is 1.34. The molecule has 0 aliphatic heterocycles. The first-order chi connectivity index (χ1) is 16.5. The van der Waals surface area contributed by atoms with E-state index < -0.39 is 16.0 Å². The average molecular weight is 574 g/mol. The van der Waals surface area contributed by atoms with E-state index in [4.69, 9.17) is 16.1 Å². The maximum atomic E-state index is 12.5. The van der Waals surface area contributed by atoms with Gasteiger partial charge in [0.2, 0.25) is 10.0 Å². The molecule has 13 heteroatoms. The van der Waals surface area contributed by atoms with Gasteiger partial charge in [0.25, 0.3) is 0 Å². The third kappa shape index (κ3) is 8.60. The molecule has 1 aromatic heterocycles. The number of aliphatic carboxylic acids is 1. The Labute approximate surface area is 229 Å². The Morgan fingerprint density at radius 3 is 2.30 bits per heavy atom. The molecule has 1 heterocycles. The second-order valence-corrected chi connectivity index (χ2v) is 10.7. The number of carboxylic acids is 1. The summed E-state index contributed by atoms with van der Waals surface area (Å²) in [7, 11) is 0.386. The summed E-state index contributed by atoms with van der Waals surface area (Å²) < 4.78 is 28.3. The van der Waals surface area contributed by atoms with E-state index in [1.807, 2.05) is 35.7 Å². The molecular formula is C24H34Cl2N6O4S. The van der Waals surface area contributed by atoms with Gasteiger partial charge in [-0.1, -0.05) is 24.3 Å². The normalized spacial score (nSPS) is 11.1. The van der Waals surface area contributed by atoms with Crippen molar-refractivity contribution in [3.8, 4) is 0 Å². The quantitative estimate of drug-likeness (QED) is 0.223. The number of imidazole rings is 1. The summed E-state index contributed by atoms with van der Waals surface area (Å²) in [6, 6.07) is 12.5. The largest absolute Gasteiger partial charge is 0.481 e. The fourth-order valence-electron chi connectivity index (χ4n) is 3.92. The number of anilines is 1. The number of hydrogen-bond donors (Lipinski definition) is 3. The number of nitrogens with one attached hydrogen (secondary N) is 1. The number of amidine groups is 1. The molecule has 204 valence electrons. The third-order valence-electron chi connectivity index (χ3n) is 5.64. The highest BCUT2D eigenvalue weighted by molar-refractivity contribution is 7.92. The Morgan fingerprint density at radius 2 is 1.76 bits per heavy atom. The monoisotopic (exact) mass is 572 g/mol. The van der Waals surface area contributed by atoms with E-state index in [0.29, 0.717) is 42.0 Å². The molecule has 0 bridgehead atoms. The van der Waals surface area contributed by atoms with Crippen LogP contribution in [0.5, 0.6) is 0 Å². The van der Waals surface area contributed by atoms with Crippen LogP contribution in [0.4, 0.5) is 5.69 Å². The lowest BCUT2D eigenvalue weighted by atomic mass is 10.1. The minimum Gasteiger partial charge on any atom is -0.481 e. The second kappa shape index (κ2) is 13.6. The van der Waals surface area contributed by atoms with Crippen molar-refractivity contribution in [3.63, 3.8) is 0 Å². The lowest BCUT2D eigenvalue weighted by Gasteiger charge is -2.23. The number of aryl methyl sites for hydroxylation is 1. The predicted octanol–water partition coefficient (Wildman–Crippen LogP) is 2.95. The number of carbonyl (C=O) groups is 1. The van der Waals surface area contributed by atoms with Crippen molar-refractivity contribution in [1.29, 1.82) is 5.41 Å². The van der Waals surface area contributed by atoms with Crippen LogP contribution in [0.25, 0.3) is 11.0 Å². The van der Waals surface area contributed by atoms with E-state index in [9.17, 15) is 18.3 Å². The number of nitrogen functional groups attached to an aromatic ring is 1. The number of halogens is 2. The molecule has 4 N–H and O–H groups in total. The number of fused-ring (bicyclic) bond motifs is 1. The molecule has 0 spiro atoms. The van der Waals surface area contributed by atoms with Gasteiger partial charge in [-0.05, 0) is 50.8 Å². The van der Waals surface area contributed by atoms with Gasteiger partial charge in [-0.25, -0.2) is 13.4 Å². The van der Waals surface area contributed by atoms with Crippen LogP contribution in [0.15, 0.2) is 42.5 Å². The van der Waals surface area contributed by atoms with Crippen LogP contribution < -0.4 is 10.0 Å². The molecular weight excluding hydrogens is 539 g/mol. The Kier molecular flexibility index (Phi) is 11.8. The predicted molar refractivity (Wildman–Crippen MR) is 152 cm³/mol. The van der Waals surface area contributed by atoms with Crippen LogP contribution in [0.1, 0.15) is 29.8 Å². The highest BCUT2D eigenvalue weighted by Crippen LogP contribution is 2.26. The van der Waals surface area contributed by atoms with Gasteiger partial charge in [0.1, 0.15) is 11.7 Å². The molecule has 0 atom stereocenters. The fraction of sp³-hybridized carbons (Fsp3) is 0.375. The third-order valence-corrected chi connectivity index (χ3v) is 6.84. The second-order valence-electron chi connectivity index (χ2n) is 8.78. The molecule has 3 rings (SSSR count). The van der Waals surface area contributed by atoms with Crippen LogP contribution in [0.3, 0.4) is 0 Å². The molecule has 3 aromatic rings. The standard InChI is InChI=1S/C24H32N6O4S.2ClH/c1-28(2)12-4-13-30(35(3,33)34)19-9-10-21-20(16-19)27-22(29(21)14-11-23(31)32)15-17-5-7-18(8-6-17)24(25)26;;/h5-10,16H,4,11-15H2,1-3H3,(H3,25,26)(H,31,32);2*1H. The molecule has 10 nitrogen and oxygen atoms in total. The highest BCUT2D eigenvalue weighted by Gasteiger charge is 2.20. The maximum absolute atomic E-state index is 12.5. The zero-order chi connectivity index (χ0) is 25.8. The molecule has 0 fully saturated rings. The maximum Gasteiger partial charge on any atom is 0.305 e. The number of rotatable bonds is 12. The fourth-order valence-corrected chi connectivity index (χ4v) is 4.87. The van der Waals surface area contributed by atoms with Gasteiger partial charge < -0.3 is 20.3 Å². The summed E-state index contributed by atoms with van der Waals surface area (Å²) in [6.07, 6.45) is 2.24. The smallest absolute Gasteiger partial charge is 0.305 e. The molecule has 37 heavy (non-hydrogen) atoms. The zero-order valence-corrected chi connectivity index (χ0v) is 23.5. The Morgan fingerprint density at radius 1 is 1.11 bits per heavy atom. The van der Waals surface area contributed by atoms with Gasteiger partial charge in [-0.15, -0.1) is 24.8 Å². The van der Waals surface area contributed by atoms with E-state index in [0.717, 1.165) is 17.6 Å². The average Bonchev–Trinajstić information content (AvgIpc) is 3.10. The first-order valence-corrected chi connectivity index (χ1v) is 13.1.